The van der Waals surface area contributed by atoms with Crippen molar-refractivity contribution in [3.8, 4) is 11.1 Å². The predicted molar refractivity (Wildman–Crippen MR) is 129 cm³/mol. The summed E-state index contributed by atoms with van der Waals surface area (Å²) in [7, 11) is 1.89. The number of nitrogens with zero attached hydrogens (tertiary/aromatic N) is 6. The van der Waals surface area contributed by atoms with Gasteiger partial charge in [-0.3, -0.25) is 19.6 Å². The van der Waals surface area contributed by atoms with Gasteiger partial charge in [-0.1, -0.05) is 24.3 Å². The Morgan fingerprint density at radius 2 is 2.00 bits per heavy atom. The highest BCUT2D eigenvalue weighted by molar-refractivity contribution is 6.15. The lowest BCUT2D eigenvalue weighted by molar-refractivity contribution is -0.124. The molecule has 11 heteroatoms. The number of carbonyl (C=O) groups excluding carboxylic acids is 2. The fourth-order valence-corrected chi connectivity index (χ4v) is 4.08. The van der Waals surface area contributed by atoms with E-state index >= 15 is 0 Å². The van der Waals surface area contributed by atoms with E-state index in [9.17, 15) is 9.59 Å². The molecule has 3 aromatic heterocycles. The molecule has 0 radical (unpaired) electrons. The topological polar surface area (TPSA) is 131 Å². The van der Waals surface area contributed by atoms with Crippen LogP contribution in [0, 0.1) is 0 Å². The van der Waals surface area contributed by atoms with Crippen LogP contribution in [0.1, 0.15) is 30.4 Å². The van der Waals surface area contributed by atoms with E-state index in [1.54, 1.807) is 21.5 Å². The number of hydrogen-bond acceptors (Lipinski definition) is 8. The molecule has 1 saturated heterocycles. The van der Waals surface area contributed by atoms with Crippen molar-refractivity contribution >= 4 is 35.4 Å². The van der Waals surface area contributed by atoms with Gasteiger partial charge in [0, 0.05) is 42.5 Å². The van der Waals surface area contributed by atoms with E-state index in [4.69, 9.17) is 4.98 Å². The molecule has 2 fully saturated rings. The highest BCUT2D eigenvalue weighted by Crippen LogP contribution is 2.27. The van der Waals surface area contributed by atoms with Crippen molar-refractivity contribution in [2.24, 2.45) is 7.05 Å². The van der Waals surface area contributed by atoms with Crippen LogP contribution >= 0.6 is 0 Å². The summed E-state index contributed by atoms with van der Waals surface area (Å²) in [6.45, 7) is 0.506. The largest absolute Gasteiger partial charge is 0.351 e. The number of carbonyl (C=O) groups is 2. The molecule has 1 aromatic carbocycles. The Morgan fingerprint density at radius 1 is 1.14 bits per heavy atom. The van der Waals surface area contributed by atoms with Crippen molar-refractivity contribution in [2.45, 2.75) is 31.8 Å². The number of imide groups is 1. The van der Waals surface area contributed by atoms with Crippen molar-refractivity contribution < 1.29 is 9.59 Å². The number of aryl methyl sites for hydroxylation is 1. The van der Waals surface area contributed by atoms with E-state index < -0.39 is 0 Å². The van der Waals surface area contributed by atoms with E-state index in [-0.39, 0.29) is 18.2 Å². The Labute approximate surface area is 200 Å². The quantitative estimate of drug-likeness (QED) is 0.277. The van der Waals surface area contributed by atoms with Gasteiger partial charge in [-0.15, -0.1) is 0 Å². The Kier molecular flexibility index (Phi) is 5.02. The number of nitrogens with one attached hydrogen (secondary N) is 3. The molecule has 6 rings (SSSR count). The average Bonchev–Trinajstić information content (AvgIpc) is 3.25. The maximum Gasteiger partial charge on any atom is 0.254 e. The molecular formula is C24H23N9O2. The van der Waals surface area contributed by atoms with Crippen LogP contribution in [0.25, 0.3) is 22.9 Å². The number of benzene rings is 1. The number of rotatable bonds is 7. The number of anilines is 2. The van der Waals surface area contributed by atoms with Crippen LogP contribution in [0.2, 0.25) is 0 Å². The zero-order valence-corrected chi connectivity index (χ0v) is 19.0. The zero-order chi connectivity index (χ0) is 23.9. The molecule has 0 atom stereocenters. The van der Waals surface area contributed by atoms with Crippen LogP contribution in [0.3, 0.4) is 0 Å². The van der Waals surface area contributed by atoms with Crippen LogP contribution in [0.15, 0.2) is 48.4 Å². The second-order valence-corrected chi connectivity index (χ2v) is 8.76. The third kappa shape index (κ3) is 4.23. The van der Waals surface area contributed by atoms with Gasteiger partial charge in [0.15, 0.2) is 5.65 Å². The summed E-state index contributed by atoms with van der Waals surface area (Å²) >= 11 is 0. The van der Waals surface area contributed by atoms with Gasteiger partial charge in [-0.2, -0.15) is 24.7 Å². The second-order valence-electron chi connectivity index (χ2n) is 8.76. The third-order valence-electron chi connectivity index (χ3n) is 6.00. The molecule has 4 aromatic rings. The Hall–Kier alpha value is -4.54. The van der Waals surface area contributed by atoms with Crippen LogP contribution in [-0.2, 0) is 23.2 Å². The van der Waals surface area contributed by atoms with Gasteiger partial charge in [-0.05, 0) is 30.0 Å². The summed E-state index contributed by atoms with van der Waals surface area (Å²) in [6, 6.07) is 8.48. The van der Waals surface area contributed by atoms with Gasteiger partial charge < -0.3 is 10.6 Å². The van der Waals surface area contributed by atoms with E-state index in [1.807, 2.05) is 31.6 Å². The van der Waals surface area contributed by atoms with Crippen molar-refractivity contribution in [3.63, 3.8) is 0 Å². The van der Waals surface area contributed by atoms with E-state index in [2.05, 4.69) is 43.3 Å². The molecular weight excluding hydrogens is 446 g/mol. The highest BCUT2D eigenvalue weighted by Gasteiger charge is 2.26. The standard InChI is InChI=1S/C24H23N9O2/c1-32-13-17(12-26-32)19-5-3-2-4-14(19)10-25-23-30-21-16(8-15-9-20(34)29-22(15)35)11-27-33(21)24(31-23)28-18-6-7-18/h2-5,8,11-13,18H,6-7,9-10H2,1H3,(H,29,34,35)(H2,25,28,30,31)/b15-8+. The van der Waals surface area contributed by atoms with Crippen LogP contribution < -0.4 is 16.0 Å². The van der Waals surface area contributed by atoms with E-state index in [0.29, 0.717) is 41.3 Å². The number of hydrogen-bond donors (Lipinski definition) is 3. The fraction of sp³-hybridized carbons (Fsp3) is 0.250. The van der Waals surface area contributed by atoms with Crippen LogP contribution in [0.4, 0.5) is 11.9 Å². The minimum Gasteiger partial charge on any atom is -0.351 e. The first-order valence-corrected chi connectivity index (χ1v) is 11.4. The summed E-state index contributed by atoms with van der Waals surface area (Å²) in [6.07, 6.45) is 9.32. The average molecular weight is 470 g/mol. The van der Waals surface area contributed by atoms with Crippen LogP contribution in [-0.4, -0.2) is 47.2 Å². The van der Waals surface area contributed by atoms with Crippen molar-refractivity contribution in [2.75, 3.05) is 10.6 Å². The fourth-order valence-electron chi connectivity index (χ4n) is 4.08. The Bertz CT molecular complexity index is 1500. The highest BCUT2D eigenvalue weighted by atomic mass is 16.2. The molecule has 0 bridgehead atoms. The number of fused-ring (bicyclic) bond motifs is 1. The van der Waals surface area contributed by atoms with Gasteiger partial charge in [0.05, 0.1) is 18.8 Å². The summed E-state index contributed by atoms with van der Waals surface area (Å²) in [5.74, 6) is 0.328. The van der Waals surface area contributed by atoms with Crippen molar-refractivity contribution in [3.05, 3.63) is 59.6 Å². The van der Waals surface area contributed by atoms with Gasteiger partial charge in [0.1, 0.15) is 0 Å². The zero-order valence-electron chi connectivity index (χ0n) is 19.0. The lowest BCUT2D eigenvalue weighted by Crippen LogP contribution is -2.19. The molecule has 11 nitrogen and oxygen atoms in total. The number of amides is 2. The molecule has 1 aliphatic heterocycles. The molecule has 176 valence electrons. The Morgan fingerprint density at radius 3 is 2.74 bits per heavy atom. The first-order valence-electron chi connectivity index (χ1n) is 11.4. The summed E-state index contributed by atoms with van der Waals surface area (Å²) in [5.41, 5.74) is 4.78. The van der Waals surface area contributed by atoms with E-state index in [1.165, 1.54) is 0 Å². The van der Waals surface area contributed by atoms with Gasteiger partial charge in [0.25, 0.3) is 5.91 Å². The third-order valence-corrected chi connectivity index (χ3v) is 6.00. The molecule has 4 heterocycles. The first kappa shape index (κ1) is 21.0. The molecule has 35 heavy (non-hydrogen) atoms. The minimum absolute atomic E-state index is 0.0463. The smallest absolute Gasteiger partial charge is 0.254 e. The molecule has 1 saturated carbocycles. The van der Waals surface area contributed by atoms with Gasteiger partial charge in [-0.25, -0.2) is 0 Å². The Balaban J connectivity index is 1.34. The lowest BCUT2D eigenvalue weighted by Gasteiger charge is -2.12. The van der Waals surface area contributed by atoms with Crippen LogP contribution in [0.5, 0.6) is 0 Å². The van der Waals surface area contributed by atoms with Gasteiger partial charge in [0.2, 0.25) is 17.8 Å². The molecule has 1 aliphatic carbocycles. The summed E-state index contributed by atoms with van der Waals surface area (Å²) < 4.78 is 3.41. The monoisotopic (exact) mass is 469 g/mol. The normalized spacial score (nSPS) is 16.8. The predicted octanol–water partition coefficient (Wildman–Crippen LogP) is 2.14. The van der Waals surface area contributed by atoms with Crippen molar-refractivity contribution in [1.82, 2.24) is 34.7 Å². The van der Waals surface area contributed by atoms with E-state index in [0.717, 1.165) is 29.5 Å². The maximum atomic E-state index is 12.1. The lowest BCUT2D eigenvalue weighted by atomic mass is 10.0. The van der Waals surface area contributed by atoms with Gasteiger partial charge >= 0.3 is 0 Å². The summed E-state index contributed by atoms with van der Waals surface area (Å²) in [5, 5.41) is 17.8. The molecule has 2 aliphatic rings. The number of aromatic nitrogens is 6. The maximum absolute atomic E-state index is 12.1. The SMILES string of the molecule is Cn1cc(-c2ccccc2CNc2nc(NC3CC3)n3ncc(/C=C4\CC(=O)NC4=O)c3n2)cn1. The first-order chi connectivity index (χ1) is 17.0. The molecule has 0 spiro atoms. The second kappa shape index (κ2) is 8.35. The summed E-state index contributed by atoms with van der Waals surface area (Å²) in [4.78, 5) is 33.0. The minimum atomic E-state index is -0.384. The van der Waals surface area contributed by atoms with Crippen molar-refractivity contribution in [1.29, 1.82) is 0 Å². The molecule has 3 N–H and O–H groups in total. The molecule has 0 unspecified atom stereocenters. The molecule has 2 amide bonds.